The number of rotatable bonds is 10. The molecule has 0 heterocycles. The van der Waals surface area contributed by atoms with E-state index >= 15 is 0 Å². The average Bonchev–Trinajstić information content (AvgIpc) is 2.94. The number of allylic oxidation sites excluding steroid dienone is 2. The predicted molar refractivity (Wildman–Crippen MR) is 144 cm³/mol. The van der Waals surface area contributed by atoms with Crippen LogP contribution in [0.5, 0.6) is 11.5 Å². The van der Waals surface area contributed by atoms with Crippen LogP contribution in [-0.2, 0) is 36.7 Å². The quantitative estimate of drug-likeness (QED) is 0.358. The molecule has 3 aromatic rings. The molecule has 7 heteroatoms. The maximum absolute atomic E-state index is 12.9. The van der Waals surface area contributed by atoms with Crippen LogP contribution in [0.25, 0.3) is 0 Å². The fourth-order valence-electron chi connectivity index (χ4n) is 4.14. The monoisotopic (exact) mass is 511 g/mol. The van der Waals surface area contributed by atoms with Gasteiger partial charge in [-0.3, -0.25) is 14.4 Å². The summed E-state index contributed by atoms with van der Waals surface area (Å²) in [5, 5.41) is 2.90. The van der Waals surface area contributed by atoms with E-state index in [1.165, 1.54) is 14.2 Å². The Morgan fingerprint density at radius 1 is 0.737 bits per heavy atom. The number of benzene rings is 3. The van der Waals surface area contributed by atoms with Gasteiger partial charge in [-0.1, -0.05) is 42.5 Å². The summed E-state index contributed by atoms with van der Waals surface area (Å²) in [5.41, 5.74) is 3.31. The number of nitrogens with one attached hydrogen (secondary N) is 1. The van der Waals surface area contributed by atoms with Gasteiger partial charge >= 0.3 is 0 Å². The number of Topliss-reactive ketones (excluding diaryl/α,β-unsaturated/α-hetero) is 2. The number of amides is 1. The molecule has 0 saturated carbocycles. The summed E-state index contributed by atoms with van der Waals surface area (Å²) in [6.45, 7) is 1.62. The van der Waals surface area contributed by atoms with Gasteiger partial charge < -0.3 is 19.5 Å². The van der Waals surface area contributed by atoms with Crippen molar-refractivity contribution in [1.82, 2.24) is 0 Å². The SMILES string of the molecule is COC1=C(OC)C(=O)C(Cc2ccc(CCC(=O)Nc3ccc(Oc4ccccc4)cc3)cc2)=C(C)C1=O. The Kier molecular flexibility index (Phi) is 8.38. The minimum atomic E-state index is -0.347. The number of aryl methyl sites for hydroxylation is 1. The minimum Gasteiger partial charge on any atom is -0.489 e. The Labute approximate surface area is 221 Å². The first-order valence-corrected chi connectivity index (χ1v) is 12.2. The largest absolute Gasteiger partial charge is 0.489 e. The van der Waals surface area contributed by atoms with Crippen molar-refractivity contribution in [2.24, 2.45) is 0 Å². The van der Waals surface area contributed by atoms with Gasteiger partial charge in [0.05, 0.1) is 14.2 Å². The smallest absolute Gasteiger partial charge is 0.228 e. The zero-order valence-corrected chi connectivity index (χ0v) is 21.6. The number of ether oxygens (including phenoxy) is 3. The molecule has 1 aliphatic carbocycles. The first-order valence-electron chi connectivity index (χ1n) is 12.2. The molecule has 1 N–H and O–H groups in total. The topological polar surface area (TPSA) is 90.9 Å². The van der Waals surface area contributed by atoms with Gasteiger partial charge in [0, 0.05) is 29.7 Å². The van der Waals surface area contributed by atoms with Gasteiger partial charge in [-0.2, -0.15) is 0 Å². The van der Waals surface area contributed by atoms with Crippen LogP contribution in [0.3, 0.4) is 0 Å². The summed E-state index contributed by atoms with van der Waals surface area (Å²) >= 11 is 0. The average molecular weight is 512 g/mol. The molecule has 0 saturated heterocycles. The maximum atomic E-state index is 12.9. The standard InChI is InChI=1S/C31H29NO6/c1-20-26(29(35)31(37-3)30(36-2)28(20)34)19-22-11-9-21(10-12-22)13-18-27(33)32-23-14-16-25(17-15-23)38-24-7-5-4-6-8-24/h4-12,14-17H,13,18-19H2,1-3H3,(H,32,33). The molecule has 0 radical (unpaired) electrons. The molecule has 0 atom stereocenters. The molecule has 3 aromatic carbocycles. The zero-order chi connectivity index (χ0) is 27.1. The molecule has 1 aliphatic rings. The molecule has 0 unspecified atom stereocenters. The van der Waals surface area contributed by atoms with Crippen molar-refractivity contribution >= 4 is 23.2 Å². The van der Waals surface area contributed by atoms with Crippen molar-refractivity contribution in [3.63, 3.8) is 0 Å². The molecule has 7 nitrogen and oxygen atoms in total. The molecule has 4 rings (SSSR count). The second kappa shape index (κ2) is 12.1. The van der Waals surface area contributed by atoms with Crippen LogP contribution in [-0.4, -0.2) is 31.7 Å². The van der Waals surface area contributed by atoms with Crippen LogP contribution < -0.4 is 10.1 Å². The zero-order valence-electron chi connectivity index (χ0n) is 21.6. The van der Waals surface area contributed by atoms with Gasteiger partial charge in [-0.25, -0.2) is 0 Å². The van der Waals surface area contributed by atoms with E-state index in [4.69, 9.17) is 14.2 Å². The molecular weight excluding hydrogens is 482 g/mol. The molecular formula is C31H29NO6. The van der Waals surface area contributed by atoms with E-state index in [0.29, 0.717) is 41.8 Å². The first-order chi connectivity index (χ1) is 18.4. The van der Waals surface area contributed by atoms with Crippen molar-refractivity contribution in [3.05, 3.63) is 113 Å². The fraction of sp³-hybridized carbons (Fsp3) is 0.194. The highest BCUT2D eigenvalue weighted by atomic mass is 16.5. The molecule has 194 valence electrons. The summed E-state index contributed by atoms with van der Waals surface area (Å²) in [4.78, 5) is 37.9. The highest BCUT2D eigenvalue weighted by Gasteiger charge is 2.34. The Hall–Kier alpha value is -4.65. The van der Waals surface area contributed by atoms with Gasteiger partial charge in [0.1, 0.15) is 11.5 Å². The third-order valence-electron chi connectivity index (χ3n) is 6.26. The lowest BCUT2D eigenvalue weighted by Gasteiger charge is -2.20. The second-order valence-corrected chi connectivity index (χ2v) is 8.81. The van der Waals surface area contributed by atoms with Crippen LogP contribution in [0.2, 0.25) is 0 Å². The predicted octanol–water partition coefficient (Wildman–Crippen LogP) is 5.57. The van der Waals surface area contributed by atoms with Gasteiger partial charge in [0.15, 0.2) is 0 Å². The number of hydrogen-bond acceptors (Lipinski definition) is 6. The molecule has 0 spiro atoms. The Balaban J connectivity index is 1.30. The summed E-state index contributed by atoms with van der Waals surface area (Å²) in [7, 11) is 2.69. The molecule has 0 bridgehead atoms. The highest BCUT2D eigenvalue weighted by molar-refractivity contribution is 6.23. The fourth-order valence-corrected chi connectivity index (χ4v) is 4.14. The normalized spacial score (nSPS) is 13.4. The van der Waals surface area contributed by atoms with E-state index in [1.54, 1.807) is 19.1 Å². The van der Waals surface area contributed by atoms with E-state index in [1.807, 2.05) is 66.7 Å². The Bertz CT molecular complexity index is 1390. The van der Waals surface area contributed by atoms with Gasteiger partial charge in [0.2, 0.25) is 29.0 Å². The second-order valence-electron chi connectivity index (χ2n) is 8.81. The van der Waals surface area contributed by atoms with Crippen molar-refractivity contribution < 1.29 is 28.6 Å². The molecule has 38 heavy (non-hydrogen) atoms. The van der Waals surface area contributed by atoms with Crippen LogP contribution in [0.4, 0.5) is 5.69 Å². The minimum absolute atomic E-state index is 0.0659. The number of methoxy groups -OCH3 is 2. The van der Waals surface area contributed by atoms with E-state index in [-0.39, 0.29) is 29.0 Å². The Morgan fingerprint density at radius 3 is 1.95 bits per heavy atom. The Morgan fingerprint density at radius 2 is 1.32 bits per heavy atom. The number of hydrogen-bond donors (Lipinski definition) is 1. The van der Waals surface area contributed by atoms with Crippen LogP contribution in [0.1, 0.15) is 24.5 Å². The van der Waals surface area contributed by atoms with E-state index in [0.717, 1.165) is 16.9 Å². The van der Waals surface area contributed by atoms with Crippen LogP contribution >= 0.6 is 0 Å². The third kappa shape index (κ3) is 6.18. The highest BCUT2D eigenvalue weighted by Crippen LogP contribution is 2.28. The van der Waals surface area contributed by atoms with Crippen molar-refractivity contribution in [2.75, 3.05) is 19.5 Å². The third-order valence-corrected chi connectivity index (χ3v) is 6.26. The lowest BCUT2D eigenvalue weighted by Crippen LogP contribution is -2.26. The van der Waals surface area contributed by atoms with E-state index in [2.05, 4.69) is 5.32 Å². The van der Waals surface area contributed by atoms with Gasteiger partial charge in [-0.15, -0.1) is 0 Å². The summed E-state index contributed by atoms with van der Waals surface area (Å²) in [6, 6.07) is 24.4. The van der Waals surface area contributed by atoms with Crippen molar-refractivity contribution in [2.45, 2.75) is 26.2 Å². The van der Waals surface area contributed by atoms with Crippen LogP contribution in [0.15, 0.2) is 102 Å². The van der Waals surface area contributed by atoms with E-state index in [9.17, 15) is 14.4 Å². The van der Waals surface area contributed by atoms with Gasteiger partial charge in [-0.05, 0) is 60.9 Å². The molecule has 0 aromatic heterocycles. The van der Waals surface area contributed by atoms with Crippen molar-refractivity contribution in [3.8, 4) is 11.5 Å². The summed E-state index contributed by atoms with van der Waals surface area (Å²) in [5.74, 6) is 0.515. The van der Waals surface area contributed by atoms with Gasteiger partial charge in [0.25, 0.3) is 0 Å². The lowest BCUT2D eigenvalue weighted by molar-refractivity contribution is -0.121. The molecule has 0 aliphatic heterocycles. The van der Waals surface area contributed by atoms with E-state index < -0.39 is 0 Å². The van der Waals surface area contributed by atoms with Crippen LogP contribution in [0, 0.1) is 0 Å². The first kappa shape index (κ1) is 26.4. The number of carbonyl (C=O) groups is 3. The summed E-state index contributed by atoms with van der Waals surface area (Å²) < 4.78 is 16.0. The molecule has 0 fully saturated rings. The maximum Gasteiger partial charge on any atom is 0.228 e. The number of anilines is 1. The number of para-hydroxylation sites is 1. The lowest BCUT2D eigenvalue weighted by atomic mass is 9.88. The van der Waals surface area contributed by atoms with Crippen molar-refractivity contribution in [1.29, 1.82) is 0 Å². The number of carbonyl (C=O) groups excluding carboxylic acids is 3. The number of ketones is 2. The summed E-state index contributed by atoms with van der Waals surface area (Å²) in [6.07, 6.45) is 1.18. The molecule has 1 amide bonds.